The van der Waals surface area contributed by atoms with E-state index < -0.39 is 0 Å². The highest BCUT2D eigenvalue weighted by molar-refractivity contribution is 8.23. The zero-order valence-corrected chi connectivity index (χ0v) is 24.4. The quantitative estimate of drug-likeness (QED) is 0.346. The van der Waals surface area contributed by atoms with Crippen LogP contribution in [0, 0.1) is 52.3 Å². The molecule has 5 heteroatoms. The molecule has 4 aliphatic carbocycles. The fourth-order valence-electron chi connectivity index (χ4n) is 10.6. The highest BCUT2D eigenvalue weighted by Crippen LogP contribution is 2.71. The Kier molecular flexibility index (Phi) is 6.63. The first-order valence-corrected chi connectivity index (χ1v) is 16.1. The minimum Gasteiger partial charge on any atom is -0.479 e. The summed E-state index contributed by atoms with van der Waals surface area (Å²) in [4.78, 5) is 0. The fraction of sp³-hybridized carbons (Fsp3) is 0.967. The van der Waals surface area contributed by atoms with Gasteiger partial charge in [-0.25, -0.2) is 0 Å². The number of hydrogen-bond donors (Lipinski definition) is 0. The van der Waals surface area contributed by atoms with Crippen LogP contribution in [0.4, 0.5) is 0 Å². The Balaban J connectivity index is 1.17. The van der Waals surface area contributed by atoms with Crippen LogP contribution in [0.15, 0.2) is 0 Å². The highest BCUT2D eigenvalue weighted by atomic mass is 32.2. The van der Waals surface area contributed by atoms with Gasteiger partial charge in [0.15, 0.2) is 5.79 Å². The van der Waals surface area contributed by atoms with E-state index in [0.29, 0.717) is 46.5 Å². The molecule has 3 nitrogen and oxygen atoms in total. The van der Waals surface area contributed by atoms with Crippen molar-refractivity contribution in [2.75, 3.05) is 13.2 Å². The fourth-order valence-corrected chi connectivity index (χ4v) is 12.2. The van der Waals surface area contributed by atoms with Crippen molar-refractivity contribution in [3.05, 3.63) is 0 Å². The second-order valence-electron chi connectivity index (χ2n) is 13.9. The molecule has 6 fully saturated rings. The molecule has 4 saturated carbocycles. The minimum atomic E-state index is -0.283. The molecule has 0 aromatic rings. The summed E-state index contributed by atoms with van der Waals surface area (Å²) in [5, 5.41) is 0.659. The average molecular weight is 521 g/mol. The summed E-state index contributed by atoms with van der Waals surface area (Å²) in [7, 11) is 0. The van der Waals surface area contributed by atoms with Gasteiger partial charge in [-0.2, -0.15) is 0 Å². The molecule has 0 amide bonds. The summed E-state index contributed by atoms with van der Waals surface area (Å²) in [6.07, 6.45) is 13.8. The van der Waals surface area contributed by atoms with Gasteiger partial charge in [-0.05, 0) is 123 Å². The predicted molar refractivity (Wildman–Crippen MR) is 147 cm³/mol. The number of ether oxygens (including phenoxy) is 3. The Morgan fingerprint density at radius 1 is 0.971 bits per heavy atom. The third-order valence-electron chi connectivity index (χ3n) is 12.4. The van der Waals surface area contributed by atoms with Crippen molar-refractivity contribution in [2.24, 2.45) is 52.3 Å². The number of thiocarbonyl (C=S) groups is 1. The molecular formula is C30H48O3S2. The van der Waals surface area contributed by atoms with E-state index >= 15 is 0 Å². The van der Waals surface area contributed by atoms with E-state index in [4.69, 9.17) is 26.4 Å². The lowest BCUT2D eigenvalue weighted by Gasteiger charge is -2.61. The van der Waals surface area contributed by atoms with E-state index in [0.717, 1.165) is 41.1 Å². The molecule has 0 unspecified atom stereocenters. The molecule has 0 N–H and O–H groups in total. The topological polar surface area (TPSA) is 27.7 Å². The number of rotatable bonds is 2. The molecule has 2 aliphatic heterocycles. The van der Waals surface area contributed by atoms with Gasteiger partial charge in [0.1, 0.15) is 0 Å². The summed E-state index contributed by atoms with van der Waals surface area (Å²) in [5.74, 6) is 5.10. The van der Waals surface area contributed by atoms with Crippen LogP contribution >= 0.6 is 24.0 Å². The first kappa shape index (κ1) is 25.4. The zero-order chi connectivity index (χ0) is 24.6. The van der Waals surface area contributed by atoms with Crippen LogP contribution in [-0.2, 0) is 14.2 Å². The number of hydrogen-bond acceptors (Lipinski definition) is 5. The predicted octanol–water partition coefficient (Wildman–Crippen LogP) is 7.86. The smallest absolute Gasteiger partial charge is 0.220 e. The minimum absolute atomic E-state index is 0.283. The average Bonchev–Trinajstić information content (AvgIpc) is 3.26. The third kappa shape index (κ3) is 3.90. The Morgan fingerprint density at radius 3 is 2.51 bits per heavy atom. The van der Waals surface area contributed by atoms with Gasteiger partial charge in [0.05, 0.1) is 19.3 Å². The summed E-state index contributed by atoms with van der Waals surface area (Å²) in [6, 6.07) is 0. The van der Waals surface area contributed by atoms with Gasteiger partial charge in [0.2, 0.25) is 4.38 Å². The SMILES string of the molecule is CCOC(=S)S[C@@H]1CC[C@@]2(C)[C@@H](CC[C@@H]3[C@@H]2CC[C@]2(C)[C@@H]4[C@H](C[C@@H]32)O[C@]2(CC[C@@H](C)CO2)[C@H]4C)C1. The lowest BCUT2D eigenvalue weighted by Crippen LogP contribution is -2.55. The molecule has 12 atom stereocenters. The molecule has 0 radical (unpaired) electrons. The van der Waals surface area contributed by atoms with Crippen LogP contribution in [0.1, 0.15) is 98.8 Å². The van der Waals surface area contributed by atoms with Crippen molar-refractivity contribution in [2.45, 2.75) is 116 Å². The second-order valence-corrected chi connectivity index (χ2v) is 15.8. The number of thioether (sulfide) groups is 1. The molecule has 0 aromatic heterocycles. The summed E-state index contributed by atoms with van der Waals surface area (Å²) in [5.41, 5.74) is 0.948. The maximum absolute atomic E-state index is 6.96. The van der Waals surface area contributed by atoms with E-state index in [2.05, 4.69) is 27.7 Å². The normalized spacial score (nSPS) is 55.1. The van der Waals surface area contributed by atoms with E-state index in [1.165, 1.54) is 57.8 Å². The van der Waals surface area contributed by atoms with Crippen molar-refractivity contribution in [1.29, 1.82) is 0 Å². The Bertz CT molecular complexity index is 824. The molecular weight excluding hydrogens is 472 g/mol. The van der Waals surface area contributed by atoms with E-state index in [1.54, 1.807) is 0 Å². The molecule has 1 spiro atoms. The van der Waals surface area contributed by atoms with Crippen LogP contribution in [-0.4, -0.2) is 34.7 Å². The van der Waals surface area contributed by atoms with Crippen molar-refractivity contribution < 1.29 is 14.2 Å². The molecule has 0 bridgehead atoms. The largest absolute Gasteiger partial charge is 0.479 e. The van der Waals surface area contributed by atoms with Crippen molar-refractivity contribution in [3.8, 4) is 0 Å². The van der Waals surface area contributed by atoms with Gasteiger partial charge in [-0.1, -0.05) is 39.5 Å². The van der Waals surface area contributed by atoms with Gasteiger partial charge in [-0.3, -0.25) is 0 Å². The summed E-state index contributed by atoms with van der Waals surface area (Å²) >= 11 is 7.33. The molecule has 35 heavy (non-hydrogen) atoms. The van der Waals surface area contributed by atoms with Gasteiger partial charge >= 0.3 is 0 Å². The lowest BCUT2D eigenvalue weighted by atomic mass is 9.44. The van der Waals surface area contributed by atoms with Crippen molar-refractivity contribution in [3.63, 3.8) is 0 Å². The van der Waals surface area contributed by atoms with Crippen molar-refractivity contribution >= 4 is 28.4 Å². The van der Waals surface area contributed by atoms with E-state index in [9.17, 15) is 0 Å². The summed E-state index contributed by atoms with van der Waals surface area (Å²) in [6.45, 7) is 13.8. The Morgan fingerprint density at radius 2 is 1.77 bits per heavy atom. The van der Waals surface area contributed by atoms with Crippen molar-refractivity contribution in [1.82, 2.24) is 0 Å². The Hall–Kier alpha value is 0.160. The molecule has 2 heterocycles. The highest BCUT2D eigenvalue weighted by Gasteiger charge is 2.69. The molecule has 2 saturated heterocycles. The standard InChI is InChI=1S/C30H48O3S2/c1-6-31-27(34)35-21-10-12-28(4)20(15-21)7-8-22-23(28)11-13-29(5)24(22)16-25-26(29)19(3)30(33-25)14-9-18(2)17-32-30/h18-26H,6-17H2,1-5H3/t18-,19+,20+,21-,22-,23+,24+,25+,26+,28+,29+,30-/m1/s1. The molecule has 198 valence electrons. The van der Waals surface area contributed by atoms with Crippen LogP contribution < -0.4 is 0 Å². The van der Waals surface area contributed by atoms with Crippen LogP contribution in [0.5, 0.6) is 0 Å². The van der Waals surface area contributed by atoms with Gasteiger partial charge in [0, 0.05) is 17.6 Å². The summed E-state index contributed by atoms with van der Waals surface area (Å²) < 4.78 is 19.9. The lowest BCUT2D eigenvalue weighted by molar-refractivity contribution is -0.273. The molecule has 0 aromatic carbocycles. The maximum Gasteiger partial charge on any atom is 0.220 e. The number of fused-ring (bicyclic) bond motifs is 7. The first-order chi connectivity index (χ1) is 16.7. The van der Waals surface area contributed by atoms with Gasteiger partial charge in [-0.15, -0.1) is 0 Å². The third-order valence-corrected chi connectivity index (χ3v) is 13.9. The van der Waals surface area contributed by atoms with Gasteiger partial charge in [0.25, 0.3) is 0 Å². The van der Waals surface area contributed by atoms with Gasteiger partial charge < -0.3 is 14.2 Å². The zero-order valence-electron chi connectivity index (χ0n) is 22.7. The molecule has 6 aliphatic rings. The van der Waals surface area contributed by atoms with Crippen LogP contribution in [0.25, 0.3) is 0 Å². The van der Waals surface area contributed by atoms with Crippen LogP contribution in [0.3, 0.4) is 0 Å². The maximum atomic E-state index is 6.96. The van der Waals surface area contributed by atoms with E-state index in [-0.39, 0.29) is 5.79 Å². The Labute approximate surface area is 223 Å². The molecule has 6 rings (SSSR count). The monoisotopic (exact) mass is 520 g/mol. The second kappa shape index (κ2) is 9.12. The van der Waals surface area contributed by atoms with Crippen LogP contribution in [0.2, 0.25) is 0 Å². The first-order valence-electron chi connectivity index (χ1n) is 14.9. The van der Waals surface area contributed by atoms with E-state index in [1.807, 2.05) is 18.7 Å².